The molecule has 0 fully saturated rings. The van der Waals surface area contributed by atoms with E-state index in [9.17, 15) is 0 Å². The van der Waals surface area contributed by atoms with Crippen LogP contribution in [-0.2, 0) is 0 Å². The van der Waals surface area contributed by atoms with Crippen LogP contribution in [0.15, 0.2) is 36.0 Å². The topological polar surface area (TPSA) is 0 Å². The van der Waals surface area contributed by atoms with Crippen LogP contribution in [0.25, 0.3) is 0 Å². The maximum Gasteiger partial charge on any atom is -0.0166 e. The fraction of sp³-hybridized carbons (Fsp3) is 0.667. The van der Waals surface area contributed by atoms with Crippen LogP contribution < -0.4 is 0 Å². The first-order chi connectivity index (χ1) is 8.81. The molecule has 0 saturated carbocycles. The Morgan fingerprint density at radius 3 is 2.17 bits per heavy atom. The molecular formula is C18H32. The average molecular weight is 248 g/mol. The van der Waals surface area contributed by atoms with Crippen molar-refractivity contribution >= 4 is 0 Å². The fourth-order valence-electron chi connectivity index (χ4n) is 1.76. The summed E-state index contributed by atoms with van der Waals surface area (Å²) < 4.78 is 0. The molecule has 0 aromatic heterocycles. The van der Waals surface area contributed by atoms with Gasteiger partial charge in [0.15, 0.2) is 0 Å². The summed E-state index contributed by atoms with van der Waals surface area (Å²) in [5.41, 5.74) is 1.49. The average Bonchev–Trinajstić information content (AvgIpc) is 2.39. The third kappa shape index (κ3) is 13.3. The minimum absolute atomic E-state index is 1.09. The van der Waals surface area contributed by atoms with Crippen LogP contribution in [0.2, 0.25) is 0 Å². The first-order valence-corrected chi connectivity index (χ1v) is 7.76. The van der Waals surface area contributed by atoms with E-state index in [0.29, 0.717) is 0 Å². The lowest BCUT2D eigenvalue weighted by Gasteiger charge is -1.95. The van der Waals surface area contributed by atoms with Crippen LogP contribution in [0.1, 0.15) is 78.6 Å². The summed E-state index contributed by atoms with van der Waals surface area (Å²) in [6, 6.07) is 0. The molecule has 0 saturated heterocycles. The molecule has 18 heavy (non-hydrogen) atoms. The van der Waals surface area contributed by atoms with Crippen molar-refractivity contribution in [1.29, 1.82) is 0 Å². The lowest BCUT2D eigenvalue weighted by atomic mass is 10.1. The summed E-state index contributed by atoms with van der Waals surface area (Å²) in [4.78, 5) is 0. The second-order valence-corrected chi connectivity index (χ2v) is 5.02. The minimum atomic E-state index is 1.09. The molecule has 0 aliphatic heterocycles. The molecule has 0 aliphatic rings. The normalized spacial score (nSPS) is 12.9. The molecule has 0 heterocycles. The summed E-state index contributed by atoms with van der Waals surface area (Å²) in [6.45, 7) is 6.68. The van der Waals surface area contributed by atoms with Gasteiger partial charge in [-0.25, -0.2) is 0 Å². The zero-order chi connectivity index (χ0) is 13.5. The van der Waals surface area contributed by atoms with Crippen LogP contribution in [0.5, 0.6) is 0 Å². The largest absolute Gasteiger partial charge is 0.0882 e. The summed E-state index contributed by atoms with van der Waals surface area (Å²) in [6.07, 6.45) is 23.0. The Kier molecular flexibility index (Phi) is 13.7. The van der Waals surface area contributed by atoms with E-state index in [-0.39, 0.29) is 0 Å². The zero-order valence-electron chi connectivity index (χ0n) is 12.8. The lowest BCUT2D eigenvalue weighted by molar-refractivity contribution is 0.637. The number of rotatable bonds is 11. The maximum absolute atomic E-state index is 2.34. The van der Waals surface area contributed by atoms with E-state index in [4.69, 9.17) is 0 Å². The SMILES string of the molecule is CCCCCCC/C=C/C/C=C/C/C=C(\C)CC. The van der Waals surface area contributed by atoms with Gasteiger partial charge in [-0.2, -0.15) is 0 Å². The molecular weight excluding hydrogens is 216 g/mol. The highest BCUT2D eigenvalue weighted by atomic mass is 13.9. The number of unbranched alkanes of at least 4 members (excludes halogenated alkanes) is 5. The zero-order valence-corrected chi connectivity index (χ0v) is 12.8. The van der Waals surface area contributed by atoms with Gasteiger partial charge in [-0.05, 0) is 39.0 Å². The van der Waals surface area contributed by atoms with Gasteiger partial charge < -0.3 is 0 Å². The van der Waals surface area contributed by atoms with E-state index < -0.39 is 0 Å². The molecule has 0 rings (SSSR count). The van der Waals surface area contributed by atoms with Gasteiger partial charge in [0.25, 0.3) is 0 Å². The molecule has 0 heteroatoms. The number of hydrogen-bond donors (Lipinski definition) is 0. The van der Waals surface area contributed by atoms with Crippen molar-refractivity contribution in [3.8, 4) is 0 Å². The van der Waals surface area contributed by atoms with Gasteiger partial charge in [0.05, 0.1) is 0 Å². The highest BCUT2D eigenvalue weighted by molar-refractivity contribution is 5.02. The Labute approximate surface area is 115 Å². The second-order valence-electron chi connectivity index (χ2n) is 5.02. The van der Waals surface area contributed by atoms with Gasteiger partial charge >= 0.3 is 0 Å². The van der Waals surface area contributed by atoms with E-state index in [0.717, 1.165) is 12.8 Å². The second kappa shape index (κ2) is 14.3. The Hall–Kier alpha value is -0.780. The van der Waals surface area contributed by atoms with E-state index in [1.807, 2.05) is 0 Å². The highest BCUT2D eigenvalue weighted by Crippen LogP contribution is 2.05. The first-order valence-electron chi connectivity index (χ1n) is 7.76. The van der Waals surface area contributed by atoms with Crippen LogP contribution in [0.3, 0.4) is 0 Å². The van der Waals surface area contributed by atoms with Gasteiger partial charge in [-0.1, -0.05) is 75.5 Å². The molecule has 0 spiro atoms. The van der Waals surface area contributed by atoms with Crippen LogP contribution in [0, 0.1) is 0 Å². The minimum Gasteiger partial charge on any atom is -0.0882 e. The molecule has 0 atom stereocenters. The van der Waals surface area contributed by atoms with Crippen LogP contribution in [0.4, 0.5) is 0 Å². The molecule has 0 N–H and O–H groups in total. The van der Waals surface area contributed by atoms with E-state index in [2.05, 4.69) is 51.2 Å². The fourth-order valence-corrected chi connectivity index (χ4v) is 1.76. The van der Waals surface area contributed by atoms with Crippen LogP contribution in [-0.4, -0.2) is 0 Å². The van der Waals surface area contributed by atoms with Crippen molar-refractivity contribution in [3.63, 3.8) is 0 Å². The Bertz CT molecular complexity index is 243. The predicted octanol–water partition coefficient (Wildman–Crippen LogP) is 6.60. The summed E-state index contributed by atoms with van der Waals surface area (Å²) in [7, 11) is 0. The van der Waals surface area contributed by atoms with Crippen molar-refractivity contribution in [3.05, 3.63) is 36.0 Å². The van der Waals surface area contributed by atoms with Crippen molar-refractivity contribution in [1.82, 2.24) is 0 Å². The monoisotopic (exact) mass is 248 g/mol. The maximum atomic E-state index is 2.34. The predicted molar refractivity (Wildman–Crippen MR) is 84.9 cm³/mol. The quantitative estimate of drug-likeness (QED) is 0.285. The van der Waals surface area contributed by atoms with Crippen LogP contribution >= 0.6 is 0 Å². The standard InChI is InChI=1S/C18H32/c1-4-6-7-8-9-10-11-12-13-14-15-16-17-18(3)5-2/h11-12,14-15,17H,4-10,13,16H2,1-3H3/b12-11+,15-14+,18-17+. The molecule has 0 radical (unpaired) electrons. The summed E-state index contributed by atoms with van der Waals surface area (Å²) >= 11 is 0. The van der Waals surface area contributed by atoms with E-state index in [1.54, 1.807) is 0 Å². The number of hydrogen-bond acceptors (Lipinski definition) is 0. The summed E-state index contributed by atoms with van der Waals surface area (Å²) in [5.74, 6) is 0. The molecule has 0 aromatic rings. The molecule has 0 nitrogen and oxygen atoms in total. The molecule has 0 aliphatic carbocycles. The molecule has 0 bridgehead atoms. The third-order valence-corrected chi connectivity index (χ3v) is 3.24. The Morgan fingerprint density at radius 1 is 0.778 bits per heavy atom. The van der Waals surface area contributed by atoms with Crippen molar-refractivity contribution < 1.29 is 0 Å². The van der Waals surface area contributed by atoms with Gasteiger partial charge in [-0.15, -0.1) is 0 Å². The summed E-state index contributed by atoms with van der Waals surface area (Å²) in [5, 5.41) is 0. The van der Waals surface area contributed by atoms with Gasteiger partial charge in [0.2, 0.25) is 0 Å². The van der Waals surface area contributed by atoms with E-state index >= 15 is 0 Å². The van der Waals surface area contributed by atoms with Gasteiger partial charge in [0, 0.05) is 0 Å². The van der Waals surface area contributed by atoms with Crippen molar-refractivity contribution in [2.45, 2.75) is 78.6 Å². The highest BCUT2D eigenvalue weighted by Gasteiger charge is 1.86. The van der Waals surface area contributed by atoms with Gasteiger partial charge in [0.1, 0.15) is 0 Å². The molecule has 104 valence electrons. The smallest absolute Gasteiger partial charge is 0.0166 e. The Balaban J connectivity index is 3.34. The van der Waals surface area contributed by atoms with E-state index in [1.165, 1.54) is 50.5 Å². The van der Waals surface area contributed by atoms with Gasteiger partial charge in [-0.3, -0.25) is 0 Å². The van der Waals surface area contributed by atoms with Crippen molar-refractivity contribution in [2.24, 2.45) is 0 Å². The third-order valence-electron chi connectivity index (χ3n) is 3.24. The molecule has 0 aromatic carbocycles. The Morgan fingerprint density at radius 2 is 1.44 bits per heavy atom. The number of allylic oxidation sites excluding steroid dienone is 6. The van der Waals surface area contributed by atoms with Crippen molar-refractivity contribution in [2.75, 3.05) is 0 Å². The molecule has 0 unspecified atom stereocenters. The lowest BCUT2D eigenvalue weighted by Crippen LogP contribution is -1.75. The first kappa shape index (κ1) is 17.2. The molecule has 0 amide bonds.